The summed E-state index contributed by atoms with van der Waals surface area (Å²) in [6.45, 7) is 7.56. The number of guanidine groups is 1. The first kappa shape index (κ1) is 24.5. The van der Waals surface area contributed by atoms with Crippen molar-refractivity contribution in [1.82, 2.24) is 15.5 Å². The average Bonchev–Trinajstić information content (AvgIpc) is 3.14. The molecule has 0 radical (unpaired) electrons. The number of carbonyl (C=O) groups is 1. The third-order valence-corrected chi connectivity index (χ3v) is 4.43. The Morgan fingerprint density at radius 3 is 2.71 bits per heavy atom. The Hall–Kier alpha value is -1.58. The molecule has 1 unspecified atom stereocenters. The van der Waals surface area contributed by atoms with Crippen LogP contribution in [-0.2, 0) is 4.79 Å². The van der Waals surface area contributed by atoms with Crippen LogP contribution in [-0.4, -0.2) is 55.6 Å². The van der Waals surface area contributed by atoms with Crippen LogP contribution in [0.25, 0.3) is 0 Å². The molecule has 158 valence electrons. The van der Waals surface area contributed by atoms with Gasteiger partial charge in [0.05, 0.1) is 6.61 Å². The van der Waals surface area contributed by atoms with Gasteiger partial charge in [0.1, 0.15) is 11.6 Å². The number of hydrogen-bond donors (Lipinski definition) is 2. The van der Waals surface area contributed by atoms with Crippen LogP contribution in [0.3, 0.4) is 0 Å². The van der Waals surface area contributed by atoms with Gasteiger partial charge in [-0.25, -0.2) is 4.39 Å². The van der Waals surface area contributed by atoms with Crippen molar-refractivity contribution in [2.24, 2.45) is 4.99 Å². The zero-order valence-corrected chi connectivity index (χ0v) is 19.1. The summed E-state index contributed by atoms with van der Waals surface area (Å²) in [5.41, 5.74) is 0. The number of benzene rings is 1. The van der Waals surface area contributed by atoms with Crippen molar-refractivity contribution in [2.45, 2.75) is 45.6 Å². The van der Waals surface area contributed by atoms with Gasteiger partial charge < -0.3 is 20.3 Å². The summed E-state index contributed by atoms with van der Waals surface area (Å²) >= 11 is 0. The Morgan fingerprint density at radius 1 is 1.29 bits per heavy atom. The number of hydrogen-bond acceptors (Lipinski definition) is 3. The fraction of sp³-hybridized carbons (Fsp3) is 0.600. The molecule has 0 aromatic heterocycles. The number of nitrogens with zero attached hydrogens (tertiary/aromatic N) is 2. The predicted octanol–water partition coefficient (Wildman–Crippen LogP) is 3.17. The lowest BCUT2D eigenvalue weighted by Gasteiger charge is -2.18. The molecule has 0 bridgehead atoms. The fourth-order valence-corrected chi connectivity index (χ4v) is 2.97. The van der Waals surface area contributed by atoms with Crippen LogP contribution < -0.4 is 15.4 Å². The van der Waals surface area contributed by atoms with Gasteiger partial charge in [0.25, 0.3) is 0 Å². The average molecular weight is 506 g/mol. The molecule has 0 saturated carbocycles. The summed E-state index contributed by atoms with van der Waals surface area (Å²) in [4.78, 5) is 18.3. The highest BCUT2D eigenvalue weighted by atomic mass is 127. The second-order valence-electron chi connectivity index (χ2n) is 6.59. The Bertz CT molecular complexity index is 613. The van der Waals surface area contributed by atoms with Gasteiger partial charge in [0, 0.05) is 38.6 Å². The molecule has 28 heavy (non-hydrogen) atoms. The van der Waals surface area contributed by atoms with Crippen LogP contribution in [0.5, 0.6) is 5.75 Å². The second-order valence-corrected chi connectivity index (χ2v) is 6.59. The number of nitrogens with one attached hydrogen (secondary N) is 2. The first-order valence-corrected chi connectivity index (χ1v) is 9.83. The van der Waals surface area contributed by atoms with Crippen molar-refractivity contribution in [1.29, 1.82) is 0 Å². The van der Waals surface area contributed by atoms with Crippen LogP contribution in [0.1, 0.15) is 39.5 Å². The maximum absolute atomic E-state index is 12.8. The van der Waals surface area contributed by atoms with E-state index in [1.807, 2.05) is 18.7 Å². The highest BCUT2D eigenvalue weighted by molar-refractivity contribution is 14.0. The third-order valence-electron chi connectivity index (χ3n) is 4.43. The Kier molecular flexibility index (Phi) is 11.9. The van der Waals surface area contributed by atoms with Crippen LogP contribution in [0.15, 0.2) is 29.3 Å². The molecule has 8 heteroatoms. The number of ether oxygens (including phenoxy) is 1. The van der Waals surface area contributed by atoms with E-state index in [0.717, 1.165) is 44.9 Å². The number of likely N-dealkylation sites (tertiary alicyclic amines) is 1. The molecule has 1 heterocycles. The summed E-state index contributed by atoms with van der Waals surface area (Å²) in [6.07, 6.45) is 3.29. The summed E-state index contributed by atoms with van der Waals surface area (Å²) < 4.78 is 18.4. The number of aliphatic imine (C=N–C) groups is 1. The third kappa shape index (κ3) is 8.62. The summed E-state index contributed by atoms with van der Waals surface area (Å²) in [7, 11) is 0. The smallest absolute Gasteiger partial charge is 0.222 e. The molecule has 1 saturated heterocycles. The monoisotopic (exact) mass is 506 g/mol. The van der Waals surface area contributed by atoms with Crippen molar-refractivity contribution in [3.05, 3.63) is 30.1 Å². The van der Waals surface area contributed by atoms with E-state index in [9.17, 15) is 9.18 Å². The number of carbonyl (C=O) groups excluding carboxylic acids is 1. The van der Waals surface area contributed by atoms with Gasteiger partial charge in [0.15, 0.2) is 5.96 Å². The SMILES string of the molecule is CCNC(=NCCCCOc1ccc(F)cc1)NC1CCN(C(=O)CC)C1.I. The number of unbranched alkanes of at least 4 members (excludes halogenated alkanes) is 1. The van der Waals surface area contributed by atoms with Crippen LogP contribution in [0.4, 0.5) is 4.39 Å². The molecule has 1 fully saturated rings. The standard InChI is InChI=1S/C20H31FN4O2.HI/c1-3-19(26)25-13-11-17(15-25)24-20(22-4-2)23-12-5-6-14-27-18-9-7-16(21)8-10-18;/h7-10,17H,3-6,11-15H2,1-2H3,(H2,22,23,24);1H. The first-order valence-electron chi connectivity index (χ1n) is 9.83. The van der Waals surface area contributed by atoms with Gasteiger partial charge in [-0.15, -0.1) is 24.0 Å². The van der Waals surface area contributed by atoms with E-state index in [-0.39, 0.29) is 41.7 Å². The topological polar surface area (TPSA) is 66.0 Å². The minimum absolute atomic E-state index is 0. The molecule has 1 aromatic carbocycles. The van der Waals surface area contributed by atoms with E-state index in [0.29, 0.717) is 25.3 Å². The molecule has 1 aliphatic heterocycles. The molecule has 6 nitrogen and oxygen atoms in total. The zero-order valence-electron chi connectivity index (χ0n) is 16.7. The van der Waals surface area contributed by atoms with Gasteiger partial charge in [-0.2, -0.15) is 0 Å². The van der Waals surface area contributed by atoms with Gasteiger partial charge in [-0.3, -0.25) is 9.79 Å². The normalized spacial score (nSPS) is 16.5. The number of rotatable bonds is 9. The predicted molar refractivity (Wildman–Crippen MR) is 121 cm³/mol. The van der Waals surface area contributed by atoms with Gasteiger partial charge in [0.2, 0.25) is 5.91 Å². The van der Waals surface area contributed by atoms with Crippen molar-refractivity contribution >= 4 is 35.8 Å². The minimum atomic E-state index is -0.260. The van der Waals surface area contributed by atoms with Gasteiger partial charge >= 0.3 is 0 Å². The quantitative estimate of drug-likeness (QED) is 0.234. The molecule has 1 aliphatic rings. The molecule has 1 atom stereocenters. The summed E-state index contributed by atoms with van der Waals surface area (Å²) in [5, 5.41) is 6.68. The Balaban J connectivity index is 0.00000392. The van der Waals surface area contributed by atoms with E-state index < -0.39 is 0 Å². The largest absolute Gasteiger partial charge is 0.494 e. The zero-order chi connectivity index (χ0) is 19.5. The second kappa shape index (κ2) is 13.6. The van der Waals surface area contributed by atoms with Crippen molar-refractivity contribution in [3.8, 4) is 5.75 Å². The lowest BCUT2D eigenvalue weighted by atomic mass is 10.3. The number of halogens is 2. The Morgan fingerprint density at radius 2 is 2.04 bits per heavy atom. The van der Waals surface area contributed by atoms with E-state index >= 15 is 0 Å². The van der Waals surface area contributed by atoms with Gasteiger partial charge in [-0.05, 0) is 50.5 Å². The Labute approximate surface area is 184 Å². The van der Waals surface area contributed by atoms with Crippen molar-refractivity contribution < 1.29 is 13.9 Å². The lowest BCUT2D eigenvalue weighted by Crippen LogP contribution is -2.45. The maximum atomic E-state index is 12.8. The van der Waals surface area contributed by atoms with E-state index in [1.165, 1.54) is 12.1 Å². The maximum Gasteiger partial charge on any atom is 0.222 e. The molecule has 0 spiro atoms. The molecule has 1 amide bonds. The molecule has 2 rings (SSSR count). The minimum Gasteiger partial charge on any atom is -0.494 e. The van der Waals surface area contributed by atoms with Crippen LogP contribution >= 0.6 is 24.0 Å². The van der Waals surface area contributed by atoms with E-state index in [2.05, 4.69) is 15.6 Å². The van der Waals surface area contributed by atoms with E-state index in [1.54, 1.807) is 12.1 Å². The molecule has 1 aromatic rings. The lowest BCUT2D eigenvalue weighted by molar-refractivity contribution is -0.129. The van der Waals surface area contributed by atoms with E-state index in [4.69, 9.17) is 4.74 Å². The molecular formula is C20H32FIN4O2. The molecule has 0 aliphatic carbocycles. The summed E-state index contributed by atoms with van der Waals surface area (Å²) in [6, 6.07) is 6.31. The molecule has 2 N–H and O–H groups in total. The van der Waals surface area contributed by atoms with Crippen LogP contribution in [0, 0.1) is 5.82 Å². The number of amides is 1. The van der Waals surface area contributed by atoms with Gasteiger partial charge in [-0.1, -0.05) is 6.92 Å². The first-order chi connectivity index (χ1) is 13.1. The highest BCUT2D eigenvalue weighted by Gasteiger charge is 2.25. The summed E-state index contributed by atoms with van der Waals surface area (Å²) in [5.74, 6) is 1.43. The molecular weight excluding hydrogens is 474 g/mol. The van der Waals surface area contributed by atoms with Crippen LogP contribution in [0.2, 0.25) is 0 Å². The highest BCUT2D eigenvalue weighted by Crippen LogP contribution is 2.12. The van der Waals surface area contributed by atoms with Crippen molar-refractivity contribution in [3.63, 3.8) is 0 Å². The van der Waals surface area contributed by atoms with Crippen molar-refractivity contribution in [2.75, 3.05) is 32.8 Å². The fourth-order valence-electron chi connectivity index (χ4n) is 2.97.